The van der Waals surface area contributed by atoms with Gasteiger partial charge in [0.2, 0.25) is 15.9 Å². The predicted octanol–water partition coefficient (Wildman–Crippen LogP) is 6.46. The normalized spacial score (nSPS) is 20.3. The van der Waals surface area contributed by atoms with Crippen LogP contribution in [-0.2, 0) is 21.4 Å². The Hall–Kier alpha value is -3.77. The van der Waals surface area contributed by atoms with E-state index in [0.717, 1.165) is 27.9 Å². The first-order valence-electron chi connectivity index (χ1n) is 14.6. The molecule has 2 fully saturated rings. The Morgan fingerprint density at radius 3 is 2.73 bits per heavy atom. The summed E-state index contributed by atoms with van der Waals surface area (Å²) < 4.78 is 43.4. The van der Waals surface area contributed by atoms with Gasteiger partial charge in [-0.25, -0.2) is 22.8 Å². The Morgan fingerprint density at radius 2 is 1.91 bits per heavy atom. The van der Waals surface area contributed by atoms with Gasteiger partial charge in [0.25, 0.3) is 0 Å². The van der Waals surface area contributed by atoms with Crippen molar-refractivity contribution in [2.45, 2.75) is 29.0 Å². The van der Waals surface area contributed by atoms with Gasteiger partial charge in [-0.3, -0.25) is 4.79 Å². The maximum absolute atomic E-state index is 13.8. The second-order valence-electron chi connectivity index (χ2n) is 11.4. The lowest BCUT2D eigenvalue weighted by Crippen LogP contribution is -2.42. The summed E-state index contributed by atoms with van der Waals surface area (Å²) in [7, 11) is -3.65. The first kappa shape index (κ1) is 29.9. The van der Waals surface area contributed by atoms with E-state index in [1.165, 1.54) is 22.6 Å². The molecule has 1 spiro atoms. The molecule has 8 nitrogen and oxygen atoms in total. The average Bonchev–Trinajstić information content (AvgIpc) is 3.78. The van der Waals surface area contributed by atoms with Crippen LogP contribution in [0.3, 0.4) is 0 Å². The van der Waals surface area contributed by atoms with Gasteiger partial charge in [0.05, 0.1) is 33.2 Å². The van der Waals surface area contributed by atoms with Crippen molar-refractivity contribution in [1.82, 2.24) is 18.8 Å². The first-order valence-corrected chi connectivity index (χ1v) is 17.4. The molecule has 1 N–H and O–H groups in total. The Bertz CT molecular complexity index is 2020. The number of thioether (sulfide) groups is 1. The molecule has 2 atom stereocenters. The molecule has 7 rings (SSSR count). The Labute approximate surface area is 269 Å². The monoisotopic (exact) mass is 661 g/mol. The van der Waals surface area contributed by atoms with Crippen molar-refractivity contribution in [2.24, 2.45) is 5.92 Å². The molecule has 1 amide bonds. The van der Waals surface area contributed by atoms with Gasteiger partial charge in [-0.1, -0.05) is 48.0 Å². The van der Waals surface area contributed by atoms with Gasteiger partial charge in [-0.05, 0) is 72.2 Å². The zero-order valence-electron chi connectivity index (χ0n) is 24.1. The molecule has 2 aliphatic rings. The van der Waals surface area contributed by atoms with Crippen LogP contribution in [0.5, 0.6) is 0 Å². The molecule has 0 bridgehead atoms. The molecule has 0 radical (unpaired) electrons. The number of aromatic nitrogens is 3. The zero-order chi connectivity index (χ0) is 31.2. The average molecular weight is 662 g/mol. The minimum Gasteiger partial charge on any atom is -0.326 e. The predicted molar refractivity (Wildman–Crippen MR) is 175 cm³/mol. The van der Waals surface area contributed by atoms with Crippen molar-refractivity contribution in [1.29, 1.82) is 0 Å². The number of amides is 1. The number of fused-ring (bicyclic) bond motifs is 1. The van der Waals surface area contributed by atoms with Crippen molar-refractivity contribution in [2.75, 3.05) is 24.2 Å². The number of halogens is 2. The summed E-state index contributed by atoms with van der Waals surface area (Å²) >= 11 is 8.29. The van der Waals surface area contributed by atoms with E-state index in [4.69, 9.17) is 11.6 Å². The van der Waals surface area contributed by atoms with Gasteiger partial charge in [0.15, 0.2) is 0 Å². The van der Waals surface area contributed by atoms with Crippen LogP contribution in [0.1, 0.15) is 18.4 Å². The molecule has 3 aromatic carbocycles. The fraction of sp³-hybridized carbons (Fsp3) is 0.242. The molecule has 0 saturated carbocycles. The summed E-state index contributed by atoms with van der Waals surface area (Å²) in [5.41, 5.74) is 3.97. The number of nitrogens with one attached hydrogen (secondary N) is 1. The molecule has 2 aliphatic heterocycles. The van der Waals surface area contributed by atoms with Gasteiger partial charge in [-0.15, -0.1) is 0 Å². The molecule has 2 saturated heterocycles. The second-order valence-corrected chi connectivity index (χ2v) is 15.3. The number of hydrogen-bond acceptors (Lipinski definition) is 6. The summed E-state index contributed by atoms with van der Waals surface area (Å²) in [6, 6.07) is 22.4. The molecule has 5 aromatic rings. The molecule has 4 heterocycles. The fourth-order valence-corrected chi connectivity index (χ4v) is 9.85. The molecular formula is C33H29ClFN5O3S2. The maximum Gasteiger partial charge on any atom is 0.243 e. The lowest BCUT2D eigenvalue weighted by atomic mass is 9.88. The first-order chi connectivity index (χ1) is 21.7. The number of benzene rings is 3. The van der Waals surface area contributed by atoms with Crippen molar-refractivity contribution < 1.29 is 17.6 Å². The summed E-state index contributed by atoms with van der Waals surface area (Å²) in [5, 5.41) is 3.42. The smallest absolute Gasteiger partial charge is 0.243 e. The zero-order valence-corrected chi connectivity index (χ0v) is 26.5. The van der Waals surface area contributed by atoms with E-state index >= 15 is 0 Å². The van der Waals surface area contributed by atoms with E-state index in [1.807, 2.05) is 28.8 Å². The molecule has 45 heavy (non-hydrogen) atoms. The third-order valence-corrected chi connectivity index (χ3v) is 12.4. The highest BCUT2D eigenvalue weighted by Crippen LogP contribution is 2.50. The van der Waals surface area contributed by atoms with E-state index in [9.17, 15) is 17.6 Å². The maximum atomic E-state index is 13.8. The van der Waals surface area contributed by atoms with Crippen molar-refractivity contribution in [3.8, 4) is 11.1 Å². The second kappa shape index (κ2) is 11.9. The van der Waals surface area contributed by atoms with Crippen LogP contribution in [0.25, 0.3) is 22.2 Å². The quantitative estimate of drug-likeness (QED) is 0.215. The minimum atomic E-state index is -3.65. The molecule has 2 unspecified atom stereocenters. The SMILES string of the molecule is O=C(Nc1cc(-c2ccc3ncn(Cc4cccc(F)c4)c3c2)c(Cl)cn1)C1CCSC12CCN(S(=O)(=O)c1ccccc1)C2. The van der Waals surface area contributed by atoms with Gasteiger partial charge >= 0.3 is 0 Å². The number of imidazole rings is 1. The summed E-state index contributed by atoms with van der Waals surface area (Å²) in [6.07, 6.45) is 4.50. The summed E-state index contributed by atoms with van der Waals surface area (Å²) in [6.45, 7) is 1.11. The van der Waals surface area contributed by atoms with Crippen LogP contribution in [0.15, 0.2) is 96.3 Å². The summed E-state index contributed by atoms with van der Waals surface area (Å²) in [5.74, 6) is 0.308. The topological polar surface area (TPSA) is 97.2 Å². The summed E-state index contributed by atoms with van der Waals surface area (Å²) in [4.78, 5) is 22.9. The lowest BCUT2D eigenvalue weighted by Gasteiger charge is -2.29. The van der Waals surface area contributed by atoms with Crippen LogP contribution < -0.4 is 5.32 Å². The number of pyridine rings is 1. The molecule has 230 valence electrons. The van der Waals surface area contributed by atoms with Crippen LogP contribution in [0.2, 0.25) is 5.02 Å². The van der Waals surface area contributed by atoms with E-state index in [-0.39, 0.29) is 29.1 Å². The van der Waals surface area contributed by atoms with E-state index in [1.54, 1.807) is 60.6 Å². The van der Waals surface area contributed by atoms with Gasteiger partial charge in [0.1, 0.15) is 11.6 Å². The number of carbonyl (C=O) groups is 1. The number of rotatable bonds is 7. The van der Waals surface area contributed by atoms with E-state index in [0.29, 0.717) is 42.3 Å². The third-order valence-electron chi connectivity index (χ3n) is 8.64. The molecule has 12 heteroatoms. The fourth-order valence-electron chi connectivity index (χ4n) is 6.36. The largest absolute Gasteiger partial charge is 0.326 e. The number of hydrogen-bond donors (Lipinski definition) is 1. The number of sulfonamides is 1. The lowest BCUT2D eigenvalue weighted by molar-refractivity contribution is -0.120. The standard InChI is InChI=1S/C33H29ClFN5O3S2/c34-28-18-36-31(17-26(28)23-9-10-29-30(16-23)39(21-37-29)19-22-5-4-6-24(35)15-22)38-32(41)27-11-14-44-33(27)12-13-40(20-33)45(42,43)25-7-2-1-3-8-25/h1-10,15-18,21,27H,11-14,19-20H2,(H,36,38,41). The van der Waals surface area contributed by atoms with Gasteiger partial charge in [0, 0.05) is 36.1 Å². The van der Waals surface area contributed by atoms with Crippen LogP contribution in [-0.4, -0.2) is 56.8 Å². The van der Waals surface area contributed by atoms with Crippen molar-refractivity contribution in [3.05, 3.63) is 108 Å². The number of nitrogens with zero attached hydrogens (tertiary/aromatic N) is 4. The number of anilines is 1. The molecule has 0 aliphatic carbocycles. The van der Waals surface area contributed by atoms with Crippen molar-refractivity contribution in [3.63, 3.8) is 0 Å². The highest BCUT2D eigenvalue weighted by atomic mass is 35.5. The minimum absolute atomic E-state index is 0.177. The number of carbonyl (C=O) groups excluding carboxylic acids is 1. The molecular weight excluding hydrogens is 633 g/mol. The van der Waals surface area contributed by atoms with Crippen LogP contribution >= 0.6 is 23.4 Å². The highest BCUT2D eigenvalue weighted by Gasteiger charge is 2.53. The Kier molecular flexibility index (Phi) is 7.89. The Balaban J connectivity index is 1.11. The molecule has 2 aromatic heterocycles. The van der Waals surface area contributed by atoms with Crippen molar-refractivity contribution >= 4 is 56.1 Å². The van der Waals surface area contributed by atoms with E-state index < -0.39 is 14.8 Å². The van der Waals surface area contributed by atoms with Crippen LogP contribution in [0.4, 0.5) is 10.2 Å². The van der Waals surface area contributed by atoms with Crippen LogP contribution in [0, 0.1) is 11.7 Å². The third kappa shape index (κ3) is 5.74. The highest BCUT2D eigenvalue weighted by molar-refractivity contribution is 8.01. The van der Waals surface area contributed by atoms with Gasteiger partial charge in [-0.2, -0.15) is 16.1 Å². The van der Waals surface area contributed by atoms with E-state index in [2.05, 4.69) is 15.3 Å². The van der Waals surface area contributed by atoms with Gasteiger partial charge < -0.3 is 9.88 Å². The Morgan fingerprint density at radius 1 is 1.07 bits per heavy atom.